The molecule has 4 heteroatoms. The van der Waals surface area contributed by atoms with E-state index < -0.39 is 0 Å². The van der Waals surface area contributed by atoms with Crippen molar-refractivity contribution in [1.29, 1.82) is 0 Å². The number of nitrogen functional groups attached to an aromatic ring is 1. The Morgan fingerprint density at radius 3 is 3.00 bits per heavy atom. The summed E-state index contributed by atoms with van der Waals surface area (Å²) in [4.78, 5) is 8.62. The molecule has 15 heavy (non-hydrogen) atoms. The lowest BCUT2D eigenvalue weighted by atomic mass is 10.2. The van der Waals surface area contributed by atoms with Crippen LogP contribution in [0.3, 0.4) is 0 Å². The molecule has 2 aromatic heterocycles. The van der Waals surface area contributed by atoms with Crippen molar-refractivity contribution in [1.82, 2.24) is 14.5 Å². The lowest BCUT2D eigenvalue weighted by Crippen LogP contribution is -1.95. The maximum Gasteiger partial charge on any atom is 0.200 e. The molecule has 0 bridgehead atoms. The summed E-state index contributed by atoms with van der Waals surface area (Å²) in [5.41, 5.74) is 8.67. The molecule has 0 unspecified atom stereocenters. The molecule has 0 saturated carbocycles. The van der Waals surface area contributed by atoms with Gasteiger partial charge in [-0.2, -0.15) is 0 Å². The van der Waals surface area contributed by atoms with Crippen LogP contribution in [0.5, 0.6) is 0 Å². The van der Waals surface area contributed by atoms with Crippen LogP contribution in [0, 0.1) is 0 Å². The molecule has 74 valence electrons. The predicted octanol–water partition coefficient (Wildman–Crippen LogP) is 1.70. The zero-order valence-corrected chi connectivity index (χ0v) is 8.31. The first-order valence-corrected chi connectivity index (χ1v) is 4.73. The molecule has 0 radical (unpaired) electrons. The van der Waals surface area contributed by atoms with Gasteiger partial charge in [-0.15, -0.1) is 0 Å². The molecule has 2 heterocycles. The van der Waals surface area contributed by atoms with Gasteiger partial charge < -0.3 is 10.3 Å². The lowest BCUT2D eigenvalue weighted by molar-refractivity contribution is 0.965. The van der Waals surface area contributed by atoms with Gasteiger partial charge in [0, 0.05) is 18.6 Å². The van der Waals surface area contributed by atoms with Gasteiger partial charge in [0.15, 0.2) is 0 Å². The molecule has 0 aliphatic carbocycles. The summed E-state index contributed by atoms with van der Waals surface area (Å²) < 4.78 is 1.88. The SMILES string of the molecule is Cn1c(N)nc2c3[13cH]c[13cH]nc3ccc21. The second kappa shape index (κ2) is 2.70. The number of benzene rings is 1. The van der Waals surface area contributed by atoms with Crippen molar-refractivity contribution in [3.8, 4) is 0 Å². The van der Waals surface area contributed by atoms with Gasteiger partial charge >= 0.3 is 0 Å². The highest BCUT2D eigenvalue weighted by molar-refractivity contribution is 6.03. The lowest BCUT2D eigenvalue weighted by Gasteiger charge is -1.98. The Bertz CT molecular complexity index is 654. The molecule has 0 spiro atoms. The molecule has 0 amide bonds. The third-order valence-electron chi connectivity index (χ3n) is 2.67. The highest BCUT2D eigenvalue weighted by Gasteiger charge is 2.07. The second-order valence-corrected chi connectivity index (χ2v) is 3.53. The number of fused-ring (bicyclic) bond motifs is 3. The highest BCUT2D eigenvalue weighted by atomic mass is 15.1. The van der Waals surface area contributed by atoms with Gasteiger partial charge in [0.2, 0.25) is 5.95 Å². The number of aromatic nitrogens is 3. The summed E-state index contributed by atoms with van der Waals surface area (Å²) in [5.74, 6) is 0.529. The minimum Gasteiger partial charge on any atom is -0.369 e. The van der Waals surface area contributed by atoms with Crippen molar-refractivity contribution in [2.24, 2.45) is 7.05 Å². The first kappa shape index (κ1) is 8.23. The van der Waals surface area contributed by atoms with Crippen molar-refractivity contribution in [2.45, 2.75) is 0 Å². The van der Waals surface area contributed by atoms with E-state index in [2.05, 4.69) is 9.97 Å². The molecule has 3 rings (SSSR count). The maximum absolute atomic E-state index is 5.78. The number of anilines is 1. The fourth-order valence-electron chi connectivity index (χ4n) is 1.83. The number of nitrogens with zero attached hydrogens (tertiary/aromatic N) is 3. The van der Waals surface area contributed by atoms with Gasteiger partial charge in [0.1, 0.15) is 5.52 Å². The van der Waals surface area contributed by atoms with Crippen LogP contribution in [-0.4, -0.2) is 14.5 Å². The minimum absolute atomic E-state index is 0.529. The third kappa shape index (κ3) is 1.01. The Balaban J connectivity index is 2.60. The highest BCUT2D eigenvalue weighted by Crippen LogP contribution is 2.24. The molecule has 3 aromatic rings. The van der Waals surface area contributed by atoms with E-state index in [1.54, 1.807) is 6.20 Å². The van der Waals surface area contributed by atoms with Crippen LogP contribution < -0.4 is 5.73 Å². The number of nitrogens with two attached hydrogens (primary N) is 1. The summed E-state index contributed by atoms with van der Waals surface area (Å²) in [6.07, 6.45) is 1.78. The normalized spacial score (nSPS) is 11.3. The summed E-state index contributed by atoms with van der Waals surface area (Å²) in [7, 11) is 1.91. The molecule has 0 saturated heterocycles. The monoisotopic (exact) mass is 200 g/mol. The molecular formula is C11H10N4. The summed E-state index contributed by atoms with van der Waals surface area (Å²) in [6.45, 7) is 0. The Morgan fingerprint density at radius 2 is 2.13 bits per heavy atom. The molecule has 1 aromatic carbocycles. The number of hydrogen-bond donors (Lipinski definition) is 1. The molecule has 0 aliphatic rings. The van der Waals surface area contributed by atoms with E-state index in [9.17, 15) is 0 Å². The van der Waals surface area contributed by atoms with Crippen LogP contribution in [-0.2, 0) is 7.05 Å². The molecule has 4 nitrogen and oxygen atoms in total. The number of imidazole rings is 1. The van der Waals surface area contributed by atoms with Crippen molar-refractivity contribution in [2.75, 3.05) is 5.73 Å². The average molecular weight is 200 g/mol. The predicted molar refractivity (Wildman–Crippen MR) is 60.4 cm³/mol. The summed E-state index contributed by atoms with van der Waals surface area (Å²) in [5, 5.41) is 1.04. The average Bonchev–Trinajstić information content (AvgIpc) is 2.56. The largest absolute Gasteiger partial charge is 0.369 e. The fraction of sp³-hybridized carbons (Fsp3) is 0.0909. The van der Waals surface area contributed by atoms with Gasteiger partial charge in [-0.25, -0.2) is 4.98 Å². The number of pyridine rings is 1. The Kier molecular flexibility index (Phi) is 1.48. The van der Waals surface area contributed by atoms with E-state index in [4.69, 9.17) is 5.73 Å². The first-order valence-electron chi connectivity index (χ1n) is 4.73. The molecule has 0 aliphatic heterocycles. The second-order valence-electron chi connectivity index (χ2n) is 3.53. The van der Waals surface area contributed by atoms with E-state index in [1.165, 1.54) is 0 Å². The summed E-state index contributed by atoms with van der Waals surface area (Å²) in [6, 6.07) is 7.90. The third-order valence-corrected chi connectivity index (χ3v) is 2.67. The quantitative estimate of drug-likeness (QED) is 0.601. The van der Waals surface area contributed by atoms with E-state index >= 15 is 0 Å². The fourth-order valence-corrected chi connectivity index (χ4v) is 1.83. The minimum atomic E-state index is 0.529. The van der Waals surface area contributed by atoms with Crippen LogP contribution in [0.15, 0.2) is 30.5 Å². The van der Waals surface area contributed by atoms with Crippen molar-refractivity contribution >= 4 is 27.9 Å². The standard InChI is InChI=1S/C11H10N4/c1-15-9-5-4-8-7(3-2-6-13-8)10(9)14-11(15)12/h2-6H,1H3,(H2,12,14)/i3+1,6+1. The van der Waals surface area contributed by atoms with Crippen molar-refractivity contribution < 1.29 is 0 Å². The van der Waals surface area contributed by atoms with Crippen molar-refractivity contribution in [3.63, 3.8) is 0 Å². The molecule has 2 N–H and O–H groups in total. The van der Waals surface area contributed by atoms with E-state index in [0.717, 1.165) is 21.9 Å². The van der Waals surface area contributed by atoms with Gasteiger partial charge in [-0.05, 0) is 24.3 Å². The van der Waals surface area contributed by atoms with Crippen molar-refractivity contribution in [3.05, 3.63) is 30.5 Å². The zero-order chi connectivity index (χ0) is 10.4. The number of aryl methyl sites for hydroxylation is 1. The number of rotatable bonds is 0. The van der Waals surface area contributed by atoms with Crippen LogP contribution in [0.4, 0.5) is 5.95 Å². The van der Waals surface area contributed by atoms with Gasteiger partial charge in [0.25, 0.3) is 0 Å². The molecular weight excluding hydrogens is 190 g/mol. The Morgan fingerprint density at radius 1 is 1.27 bits per heavy atom. The van der Waals surface area contributed by atoms with Crippen LogP contribution in [0.1, 0.15) is 0 Å². The van der Waals surface area contributed by atoms with Gasteiger partial charge in [0.05, 0.1) is 11.0 Å². The van der Waals surface area contributed by atoms with E-state index in [-0.39, 0.29) is 0 Å². The number of hydrogen-bond acceptors (Lipinski definition) is 3. The first-order chi connectivity index (χ1) is 7.27. The van der Waals surface area contributed by atoms with Crippen LogP contribution >= 0.6 is 0 Å². The Labute approximate surface area is 86.4 Å². The van der Waals surface area contributed by atoms with Crippen LogP contribution in [0.2, 0.25) is 0 Å². The molecule has 0 atom stereocenters. The topological polar surface area (TPSA) is 56.7 Å². The smallest absolute Gasteiger partial charge is 0.200 e. The van der Waals surface area contributed by atoms with E-state index in [1.807, 2.05) is 35.9 Å². The summed E-state index contributed by atoms with van der Waals surface area (Å²) >= 11 is 0. The van der Waals surface area contributed by atoms with Gasteiger partial charge in [-0.3, -0.25) is 4.98 Å². The van der Waals surface area contributed by atoms with Gasteiger partial charge in [-0.1, -0.05) is 0 Å². The molecule has 0 fully saturated rings. The maximum atomic E-state index is 5.78. The van der Waals surface area contributed by atoms with Crippen LogP contribution in [0.25, 0.3) is 21.9 Å². The zero-order valence-electron chi connectivity index (χ0n) is 8.31. The Hall–Kier alpha value is -2.10. The van der Waals surface area contributed by atoms with E-state index in [0.29, 0.717) is 5.95 Å².